The molecule has 0 aromatic rings. The third-order valence-electron chi connectivity index (χ3n) is 3.10. The van der Waals surface area contributed by atoms with Crippen LogP contribution in [0.4, 0.5) is 0 Å². The zero-order valence-electron chi connectivity index (χ0n) is 7.16. The molecule has 1 aliphatic carbocycles. The molecule has 64 valence electrons. The minimum atomic E-state index is -0.126. The van der Waals surface area contributed by atoms with Crippen molar-refractivity contribution in [1.29, 1.82) is 0 Å². The van der Waals surface area contributed by atoms with Crippen molar-refractivity contribution < 1.29 is 5.11 Å². The lowest BCUT2D eigenvalue weighted by Crippen LogP contribution is -2.45. The normalized spacial score (nSPS) is 39.8. The summed E-state index contributed by atoms with van der Waals surface area (Å²) in [6.45, 7) is 4.50. The molecule has 0 radical (unpaired) electrons. The van der Waals surface area contributed by atoms with Gasteiger partial charge in [-0.2, -0.15) is 0 Å². The maximum atomic E-state index is 9.62. The van der Waals surface area contributed by atoms with Crippen LogP contribution in [0.15, 0.2) is 0 Å². The second-order valence-corrected chi connectivity index (χ2v) is 4.08. The highest BCUT2D eigenvalue weighted by Gasteiger charge is 2.36. The molecule has 0 spiro atoms. The molecule has 2 rings (SSSR count). The monoisotopic (exact) mass is 155 g/mol. The number of nitrogens with zero attached hydrogens (tertiary/aromatic N) is 1. The fraction of sp³-hybridized carbons (Fsp3) is 1.00. The second kappa shape index (κ2) is 2.76. The fourth-order valence-electron chi connectivity index (χ4n) is 1.79. The first-order valence-corrected chi connectivity index (χ1v) is 4.69. The third kappa shape index (κ3) is 1.57. The van der Waals surface area contributed by atoms with Gasteiger partial charge in [-0.3, -0.25) is 4.90 Å². The summed E-state index contributed by atoms with van der Waals surface area (Å²) >= 11 is 0. The Morgan fingerprint density at radius 3 is 2.55 bits per heavy atom. The number of rotatable bonds is 3. The van der Waals surface area contributed by atoms with Crippen molar-refractivity contribution in [3.8, 4) is 0 Å². The minimum absolute atomic E-state index is 0.126. The van der Waals surface area contributed by atoms with Crippen molar-refractivity contribution in [2.75, 3.05) is 13.1 Å². The first kappa shape index (κ1) is 7.56. The average molecular weight is 155 g/mol. The van der Waals surface area contributed by atoms with Gasteiger partial charge in [-0.15, -0.1) is 0 Å². The summed E-state index contributed by atoms with van der Waals surface area (Å²) in [5.74, 6) is 1.71. The molecule has 1 N–H and O–H groups in total. The topological polar surface area (TPSA) is 23.5 Å². The summed E-state index contributed by atoms with van der Waals surface area (Å²) in [5.41, 5.74) is 0. The smallest absolute Gasteiger partial charge is 0.107 e. The predicted molar refractivity (Wildman–Crippen MR) is 44.1 cm³/mol. The summed E-state index contributed by atoms with van der Waals surface area (Å²) in [7, 11) is 0. The average Bonchev–Trinajstić information content (AvgIpc) is 2.40. The lowest BCUT2D eigenvalue weighted by atomic mass is 10.1. The van der Waals surface area contributed by atoms with Crippen LogP contribution in [0.5, 0.6) is 0 Å². The predicted octanol–water partition coefficient (Wildman–Crippen LogP) is 1.06. The minimum Gasteiger partial charge on any atom is -0.378 e. The van der Waals surface area contributed by atoms with Gasteiger partial charge in [0.25, 0.3) is 0 Å². The van der Waals surface area contributed by atoms with E-state index in [-0.39, 0.29) is 6.23 Å². The molecule has 2 heteroatoms. The Bertz CT molecular complexity index is 144. The number of aliphatic hydroxyl groups excluding tert-OH is 1. The Kier molecular flexibility index (Phi) is 1.90. The van der Waals surface area contributed by atoms with Crippen LogP contribution in [0.2, 0.25) is 0 Å². The Labute approximate surface area is 68.2 Å². The van der Waals surface area contributed by atoms with Crippen LogP contribution in [0.25, 0.3) is 0 Å². The zero-order chi connectivity index (χ0) is 7.84. The molecule has 1 saturated heterocycles. The molecular formula is C9H17NO. The van der Waals surface area contributed by atoms with Gasteiger partial charge in [-0.05, 0) is 31.1 Å². The summed E-state index contributed by atoms with van der Waals surface area (Å²) in [6.07, 6.45) is 3.50. The highest BCUT2D eigenvalue weighted by Crippen LogP contribution is 2.41. The van der Waals surface area contributed by atoms with E-state index >= 15 is 0 Å². The van der Waals surface area contributed by atoms with E-state index in [9.17, 15) is 5.11 Å². The summed E-state index contributed by atoms with van der Waals surface area (Å²) in [4.78, 5) is 2.17. The SMILES string of the molecule is CC1CC1CC(O)N1CCC1. The van der Waals surface area contributed by atoms with Gasteiger partial charge in [0.1, 0.15) is 6.23 Å². The molecule has 0 bridgehead atoms. The Balaban J connectivity index is 1.68. The lowest BCUT2D eigenvalue weighted by molar-refractivity contribution is -0.0427. The van der Waals surface area contributed by atoms with Gasteiger partial charge >= 0.3 is 0 Å². The molecule has 1 saturated carbocycles. The Morgan fingerprint density at radius 2 is 2.18 bits per heavy atom. The largest absolute Gasteiger partial charge is 0.378 e. The van der Waals surface area contributed by atoms with E-state index in [0.29, 0.717) is 0 Å². The quantitative estimate of drug-likeness (QED) is 0.658. The highest BCUT2D eigenvalue weighted by molar-refractivity contribution is 4.85. The molecule has 1 heterocycles. The van der Waals surface area contributed by atoms with E-state index in [1.54, 1.807) is 0 Å². The van der Waals surface area contributed by atoms with Crippen LogP contribution in [0, 0.1) is 11.8 Å². The van der Waals surface area contributed by atoms with Crippen LogP contribution in [-0.4, -0.2) is 29.3 Å². The standard InChI is InChI=1S/C9H17NO/c1-7-5-8(7)6-9(11)10-3-2-4-10/h7-9,11H,2-6H2,1H3. The van der Waals surface area contributed by atoms with Gasteiger partial charge in [0, 0.05) is 13.1 Å². The van der Waals surface area contributed by atoms with Crippen molar-refractivity contribution >= 4 is 0 Å². The van der Waals surface area contributed by atoms with E-state index in [1.165, 1.54) is 12.8 Å². The van der Waals surface area contributed by atoms with Crippen molar-refractivity contribution in [2.24, 2.45) is 11.8 Å². The van der Waals surface area contributed by atoms with Crippen LogP contribution < -0.4 is 0 Å². The van der Waals surface area contributed by atoms with Gasteiger partial charge in [0.15, 0.2) is 0 Å². The molecule has 3 unspecified atom stereocenters. The van der Waals surface area contributed by atoms with E-state index in [0.717, 1.165) is 31.3 Å². The van der Waals surface area contributed by atoms with Crippen LogP contribution in [0.3, 0.4) is 0 Å². The molecule has 0 aromatic heterocycles. The van der Waals surface area contributed by atoms with Gasteiger partial charge in [0.2, 0.25) is 0 Å². The van der Waals surface area contributed by atoms with Crippen molar-refractivity contribution in [3.05, 3.63) is 0 Å². The molecule has 3 atom stereocenters. The molecule has 0 amide bonds. The van der Waals surface area contributed by atoms with Crippen molar-refractivity contribution in [2.45, 2.75) is 32.4 Å². The second-order valence-electron chi connectivity index (χ2n) is 4.08. The van der Waals surface area contributed by atoms with E-state index in [4.69, 9.17) is 0 Å². The Morgan fingerprint density at radius 1 is 1.55 bits per heavy atom. The summed E-state index contributed by atoms with van der Waals surface area (Å²) < 4.78 is 0. The third-order valence-corrected chi connectivity index (χ3v) is 3.10. The number of aliphatic hydroxyl groups is 1. The summed E-state index contributed by atoms with van der Waals surface area (Å²) in [5, 5.41) is 9.62. The molecular weight excluding hydrogens is 138 g/mol. The van der Waals surface area contributed by atoms with Gasteiger partial charge in [-0.25, -0.2) is 0 Å². The van der Waals surface area contributed by atoms with E-state index < -0.39 is 0 Å². The Hall–Kier alpha value is -0.0800. The van der Waals surface area contributed by atoms with Gasteiger partial charge in [0.05, 0.1) is 0 Å². The first-order valence-electron chi connectivity index (χ1n) is 4.69. The molecule has 2 aliphatic rings. The lowest BCUT2D eigenvalue weighted by Gasteiger charge is -2.35. The molecule has 1 aliphatic heterocycles. The van der Waals surface area contributed by atoms with Crippen LogP contribution >= 0.6 is 0 Å². The highest BCUT2D eigenvalue weighted by atomic mass is 16.3. The zero-order valence-corrected chi connectivity index (χ0v) is 7.16. The maximum Gasteiger partial charge on any atom is 0.107 e. The van der Waals surface area contributed by atoms with E-state index in [1.807, 2.05) is 0 Å². The maximum absolute atomic E-state index is 9.62. The molecule has 0 aromatic carbocycles. The molecule has 2 nitrogen and oxygen atoms in total. The molecule has 2 fully saturated rings. The van der Waals surface area contributed by atoms with Crippen LogP contribution in [0.1, 0.15) is 26.2 Å². The molecule has 11 heavy (non-hydrogen) atoms. The van der Waals surface area contributed by atoms with Crippen molar-refractivity contribution in [1.82, 2.24) is 4.90 Å². The number of hydrogen-bond acceptors (Lipinski definition) is 2. The van der Waals surface area contributed by atoms with Crippen molar-refractivity contribution in [3.63, 3.8) is 0 Å². The summed E-state index contributed by atoms with van der Waals surface area (Å²) in [6, 6.07) is 0. The number of likely N-dealkylation sites (tertiary alicyclic amines) is 1. The fourth-order valence-corrected chi connectivity index (χ4v) is 1.79. The number of hydrogen-bond donors (Lipinski definition) is 1. The van der Waals surface area contributed by atoms with Gasteiger partial charge < -0.3 is 5.11 Å². The van der Waals surface area contributed by atoms with Crippen LogP contribution in [-0.2, 0) is 0 Å². The first-order chi connectivity index (χ1) is 5.27. The van der Waals surface area contributed by atoms with Gasteiger partial charge in [-0.1, -0.05) is 6.92 Å². The van der Waals surface area contributed by atoms with E-state index in [2.05, 4.69) is 11.8 Å².